The highest BCUT2D eigenvalue weighted by Gasteiger charge is 2.26. The summed E-state index contributed by atoms with van der Waals surface area (Å²) in [6.45, 7) is 5.24. The smallest absolute Gasteiger partial charge is 0.251 e. The first kappa shape index (κ1) is 20.7. The number of ether oxygens (including phenoxy) is 1. The Labute approximate surface area is 155 Å². The maximum Gasteiger partial charge on any atom is 0.251 e. The molecule has 0 aliphatic heterocycles. The summed E-state index contributed by atoms with van der Waals surface area (Å²) in [6.07, 6.45) is 3.72. The van der Waals surface area contributed by atoms with Crippen LogP contribution in [-0.4, -0.2) is 46.6 Å². The number of methoxy groups -OCH3 is 1. The average molecular weight is 384 g/mol. The number of hydrogen-bond donors (Lipinski definition) is 3. The summed E-state index contributed by atoms with van der Waals surface area (Å²) in [6, 6.07) is 4.55. The van der Waals surface area contributed by atoms with Crippen molar-refractivity contribution in [2.45, 2.75) is 56.5 Å². The minimum absolute atomic E-state index is 0.000665. The lowest BCUT2D eigenvalue weighted by Crippen LogP contribution is -2.39. The monoisotopic (exact) mass is 383 g/mol. The minimum atomic E-state index is -3.75. The van der Waals surface area contributed by atoms with Crippen molar-refractivity contribution in [3.8, 4) is 5.75 Å². The van der Waals surface area contributed by atoms with Crippen molar-refractivity contribution in [1.29, 1.82) is 0 Å². The lowest BCUT2D eigenvalue weighted by Gasteiger charge is -2.16. The highest BCUT2D eigenvalue weighted by molar-refractivity contribution is 7.89. The molecule has 1 amide bonds. The maximum atomic E-state index is 12.8. The van der Waals surface area contributed by atoms with Crippen LogP contribution in [0.25, 0.3) is 0 Å². The molecule has 7 nitrogen and oxygen atoms in total. The number of carbonyl (C=O) groups is 1. The normalized spacial score (nSPS) is 16.4. The van der Waals surface area contributed by atoms with Crippen molar-refractivity contribution >= 4 is 15.9 Å². The van der Waals surface area contributed by atoms with Crippen molar-refractivity contribution in [2.24, 2.45) is 0 Å². The molecule has 146 valence electrons. The number of benzene rings is 1. The first-order valence-electron chi connectivity index (χ1n) is 9.09. The van der Waals surface area contributed by atoms with Crippen LogP contribution in [0.3, 0.4) is 0 Å². The van der Waals surface area contributed by atoms with E-state index < -0.39 is 10.0 Å². The van der Waals surface area contributed by atoms with Crippen LogP contribution < -0.4 is 20.1 Å². The molecule has 2 rings (SSSR count). The average Bonchev–Trinajstić information content (AvgIpc) is 3.11. The van der Waals surface area contributed by atoms with Crippen molar-refractivity contribution in [1.82, 2.24) is 15.4 Å². The minimum Gasteiger partial charge on any atom is -0.495 e. The van der Waals surface area contributed by atoms with Crippen LogP contribution in [0.1, 0.15) is 49.9 Å². The highest BCUT2D eigenvalue weighted by Crippen LogP contribution is 2.27. The van der Waals surface area contributed by atoms with Gasteiger partial charge in [0.05, 0.1) is 7.11 Å². The van der Waals surface area contributed by atoms with Crippen molar-refractivity contribution in [3.63, 3.8) is 0 Å². The van der Waals surface area contributed by atoms with Gasteiger partial charge in [-0.2, -0.15) is 0 Å². The van der Waals surface area contributed by atoms with Crippen molar-refractivity contribution in [2.75, 3.05) is 20.2 Å². The number of likely N-dealkylation sites (N-methyl/N-ethyl adjacent to an activating group) is 1. The molecule has 1 aliphatic carbocycles. The van der Waals surface area contributed by atoms with Crippen LogP contribution in [0.2, 0.25) is 0 Å². The van der Waals surface area contributed by atoms with E-state index >= 15 is 0 Å². The SMILES string of the molecule is CCN[C@H](C)CNC(=O)c1ccc(OC)c(S(=O)(=O)NC2CCCC2)c1. The van der Waals surface area contributed by atoms with E-state index in [0.29, 0.717) is 12.1 Å². The summed E-state index contributed by atoms with van der Waals surface area (Å²) >= 11 is 0. The second-order valence-electron chi connectivity index (χ2n) is 6.64. The van der Waals surface area contributed by atoms with Gasteiger partial charge >= 0.3 is 0 Å². The highest BCUT2D eigenvalue weighted by atomic mass is 32.2. The summed E-state index contributed by atoms with van der Waals surface area (Å²) in [5, 5.41) is 6.02. The lowest BCUT2D eigenvalue weighted by atomic mass is 10.2. The Bertz CT molecular complexity index is 715. The molecule has 1 aromatic carbocycles. The van der Waals surface area contributed by atoms with Gasteiger partial charge in [0.1, 0.15) is 10.6 Å². The summed E-state index contributed by atoms with van der Waals surface area (Å²) in [5.41, 5.74) is 0.293. The number of sulfonamides is 1. The zero-order chi connectivity index (χ0) is 19.2. The topological polar surface area (TPSA) is 96.5 Å². The molecule has 0 unspecified atom stereocenters. The van der Waals surface area contributed by atoms with E-state index in [-0.39, 0.29) is 28.6 Å². The molecule has 1 atom stereocenters. The second-order valence-corrected chi connectivity index (χ2v) is 8.32. The molecule has 0 heterocycles. The van der Waals surface area contributed by atoms with Crippen LogP contribution in [0.5, 0.6) is 5.75 Å². The van der Waals surface area contributed by atoms with Gasteiger partial charge in [0.15, 0.2) is 0 Å². The zero-order valence-corrected chi connectivity index (χ0v) is 16.5. The van der Waals surface area contributed by atoms with E-state index in [1.165, 1.54) is 19.2 Å². The Morgan fingerprint density at radius 1 is 1.31 bits per heavy atom. The standard InChI is InChI=1S/C18H29N3O4S/c1-4-19-13(2)12-20-18(22)14-9-10-16(25-3)17(11-14)26(23,24)21-15-7-5-6-8-15/h9-11,13,15,19,21H,4-8,12H2,1-3H3,(H,20,22)/t13-/m1/s1. The van der Waals surface area contributed by atoms with Gasteiger partial charge in [0, 0.05) is 24.2 Å². The molecule has 1 fully saturated rings. The molecule has 8 heteroatoms. The van der Waals surface area contributed by atoms with Crippen LogP contribution in [0, 0.1) is 0 Å². The van der Waals surface area contributed by atoms with Crippen LogP contribution in [0.4, 0.5) is 0 Å². The fourth-order valence-electron chi connectivity index (χ4n) is 3.12. The van der Waals surface area contributed by atoms with Gasteiger partial charge in [-0.15, -0.1) is 0 Å². The Morgan fingerprint density at radius 3 is 2.62 bits per heavy atom. The molecule has 1 saturated carbocycles. The van der Waals surface area contributed by atoms with Gasteiger partial charge in [-0.3, -0.25) is 4.79 Å². The van der Waals surface area contributed by atoms with Gasteiger partial charge < -0.3 is 15.4 Å². The fraction of sp³-hybridized carbons (Fsp3) is 0.611. The number of carbonyl (C=O) groups excluding carboxylic acids is 1. The number of amides is 1. The van der Waals surface area contributed by atoms with E-state index in [9.17, 15) is 13.2 Å². The predicted octanol–water partition coefficient (Wildman–Crippen LogP) is 1.64. The second kappa shape index (κ2) is 9.34. The third kappa shape index (κ3) is 5.43. The van der Waals surface area contributed by atoms with Crippen molar-refractivity contribution < 1.29 is 17.9 Å². The number of nitrogens with one attached hydrogen (secondary N) is 3. The number of hydrogen-bond acceptors (Lipinski definition) is 5. The fourth-order valence-corrected chi connectivity index (χ4v) is 4.62. The summed E-state index contributed by atoms with van der Waals surface area (Å²) in [7, 11) is -2.33. The third-order valence-electron chi connectivity index (χ3n) is 4.51. The van der Waals surface area contributed by atoms with Crippen LogP contribution in [0.15, 0.2) is 23.1 Å². The summed E-state index contributed by atoms with van der Waals surface area (Å²) in [4.78, 5) is 12.4. The van der Waals surface area contributed by atoms with E-state index in [2.05, 4.69) is 15.4 Å². The third-order valence-corrected chi connectivity index (χ3v) is 6.06. The summed E-state index contributed by atoms with van der Waals surface area (Å²) in [5.74, 6) is -0.0808. The van der Waals surface area contributed by atoms with Crippen molar-refractivity contribution in [3.05, 3.63) is 23.8 Å². The van der Waals surface area contributed by atoms with Gasteiger partial charge in [0.2, 0.25) is 10.0 Å². The van der Waals surface area contributed by atoms with E-state index in [1.807, 2.05) is 13.8 Å². The molecule has 0 saturated heterocycles. The Morgan fingerprint density at radius 2 is 2.00 bits per heavy atom. The largest absolute Gasteiger partial charge is 0.495 e. The predicted molar refractivity (Wildman–Crippen MR) is 101 cm³/mol. The molecular weight excluding hydrogens is 354 g/mol. The zero-order valence-electron chi connectivity index (χ0n) is 15.7. The van der Waals surface area contributed by atoms with Crippen LogP contribution in [-0.2, 0) is 10.0 Å². The number of rotatable bonds is 9. The van der Waals surface area contributed by atoms with E-state index in [1.54, 1.807) is 6.07 Å². The Hall–Kier alpha value is -1.64. The van der Waals surface area contributed by atoms with Gasteiger partial charge in [0.25, 0.3) is 5.91 Å². The molecule has 1 aromatic rings. The first-order chi connectivity index (χ1) is 12.4. The molecule has 0 aromatic heterocycles. The quantitative estimate of drug-likeness (QED) is 0.602. The molecule has 0 spiro atoms. The first-order valence-corrected chi connectivity index (χ1v) is 10.6. The van der Waals surface area contributed by atoms with Gasteiger partial charge in [-0.05, 0) is 44.5 Å². The lowest BCUT2D eigenvalue weighted by molar-refractivity contribution is 0.0950. The molecule has 26 heavy (non-hydrogen) atoms. The van der Waals surface area contributed by atoms with E-state index in [4.69, 9.17) is 4.74 Å². The Balaban J connectivity index is 2.17. The maximum absolute atomic E-state index is 12.8. The molecule has 3 N–H and O–H groups in total. The van der Waals surface area contributed by atoms with Gasteiger partial charge in [-0.25, -0.2) is 13.1 Å². The molecular formula is C18H29N3O4S. The molecule has 0 bridgehead atoms. The summed E-state index contributed by atoms with van der Waals surface area (Å²) < 4.78 is 33.5. The molecule has 0 radical (unpaired) electrons. The van der Waals surface area contributed by atoms with Gasteiger partial charge in [-0.1, -0.05) is 19.8 Å². The Kier molecular flexibility index (Phi) is 7.43. The van der Waals surface area contributed by atoms with Crippen LogP contribution >= 0.6 is 0 Å². The molecule has 1 aliphatic rings. The van der Waals surface area contributed by atoms with E-state index in [0.717, 1.165) is 32.2 Å².